The number of hydrogen-bond acceptors (Lipinski definition) is 3. The largest absolute Gasteiger partial charge is 0.490 e. The van der Waals surface area contributed by atoms with Crippen molar-refractivity contribution in [2.24, 2.45) is 0 Å². The molecule has 0 aliphatic heterocycles. The van der Waals surface area contributed by atoms with Gasteiger partial charge in [0.1, 0.15) is 19.7 Å². The predicted octanol–water partition coefficient (Wildman–Crippen LogP) is 3.52. The van der Waals surface area contributed by atoms with Gasteiger partial charge in [-0.15, -0.1) is 0 Å². The lowest BCUT2D eigenvalue weighted by Crippen LogP contribution is -2.80. The molecule has 1 heterocycles. The molecule has 2 N–H and O–H groups in total. The summed E-state index contributed by atoms with van der Waals surface area (Å²) in [6, 6.07) is 20.2. The van der Waals surface area contributed by atoms with Crippen LogP contribution >= 0.6 is 0 Å². The van der Waals surface area contributed by atoms with E-state index in [0.29, 0.717) is 13.2 Å². The average Bonchev–Trinajstić information content (AvgIpc) is 3.16. The molecule has 1 aromatic heterocycles. The van der Waals surface area contributed by atoms with Crippen molar-refractivity contribution in [2.45, 2.75) is 26.6 Å². The van der Waals surface area contributed by atoms with Crippen LogP contribution in [0.2, 0.25) is 0 Å². The monoisotopic (exact) mass is 338 g/mol. The summed E-state index contributed by atoms with van der Waals surface area (Å²) in [4.78, 5) is 0. The van der Waals surface area contributed by atoms with Gasteiger partial charge in [0.05, 0.1) is 12.9 Å². The van der Waals surface area contributed by atoms with Crippen molar-refractivity contribution in [3.63, 3.8) is 0 Å². The Kier molecular flexibility index (Phi) is 6.12. The Bertz CT molecular complexity index is 754. The van der Waals surface area contributed by atoms with Gasteiger partial charge in [0.25, 0.3) is 0 Å². The van der Waals surface area contributed by atoms with Gasteiger partial charge in [-0.1, -0.05) is 30.3 Å². The lowest BCUT2D eigenvalue weighted by atomic mass is 10.2. The van der Waals surface area contributed by atoms with Crippen LogP contribution in [0.4, 0.5) is 0 Å². The van der Waals surface area contributed by atoms with Gasteiger partial charge in [-0.25, -0.2) is 0 Å². The molecule has 0 bridgehead atoms. The molecule has 2 aromatic carbocycles. The first kappa shape index (κ1) is 17.1. The van der Waals surface area contributed by atoms with Gasteiger partial charge in [0, 0.05) is 5.56 Å². The Labute approximate surface area is 148 Å². The minimum Gasteiger partial charge on any atom is -0.490 e. The topological polar surface area (TPSA) is 48.2 Å². The zero-order chi connectivity index (χ0) is 17.3. The van der Waals surface area contributed by atoms with Crippen LogP contribution in [-0.2, 0) is 19.7 Å². The molecule has 0 radical (unpaired) electrons. The van der Waals surface area contributed by atoms with E-state index in [4.69, 9.17) is 13.9 Å². The number of quaternary nitrogens is 1. The summed E-state index contributed by atoms with van der Waals surface area (Å²) in [5, 5.41) is 2.20. The van der Waals surface area contributed by atoms with Crippen molar-refractivity contribution >= 4 is 0 Å². The number of hydrogen-bond donors (Lipinski definition) is 1. The fraction of sp³-hybridized carbons (Fsp3) is 0.238. The molecule has 0 amide bonds. The highest BCUT2D eigenvalue weighted by molar-refractivity contribution is 5.43. The molecule has 0 unspecified atom stereocenters. The fourth-order valence-corrected chi connectivity index (χ4v) is 2.61. The molecule has 0 fully saturated rings. The van der Waals surface area contributed by atoms with Crippen molar-refractivity contribution in [3.8, 4) is 11.5 Å². The quantitative estimate of drug-likeness (QED) is 0.649. The Morgan fingerprint density at radius 3 is 2.48 bits per heavy atom. The summed E-state index contributed by atoms with van der Waals surface area (Å²) in [5.41, 5.74) is 2.34. The number of furan rings is 1. The van der Waals surface area contributed by atoms with Crippen LogP contribution in [0.15, 0.2) is 71.3 Å². The first-order valence-electron chi connectivity index (χ1n) is 8.61. The Balaban J connectivity index is 1.60. The molecule has 130 valence electrons. The highest BCUT2D eigenvalue weighted by Crippen LogP contribution is 2.29. The molecule has 0 atom stereocenters. The van der Waals surface area contributed by atoms with E-state index in [1.165, 1.54) is 5.56 Å². The molecule has 0 saturated carbocycles. The van der Waals surface area contributed by atoms with E-state index in [-0.39, 0.29) is 0 Å². The van der Waals surface area contributed by atoms with Crippen molar-refractivity contribution in [3.05, 3.63) is 83.8 Å². The van der Waals surface area contributed by atoms with Gasteiger partial charge in [0.2, 0.25) is 0 Å². The van der Waals surface area contributed by atoms with Gasteiger partial charge in [-0.2, -0.15) is 0 Å². The third-order valence-electron chi connectivity index (χ3n) is 3.85. The van der Waals surface area contributed by atoms with E-state index in [1.807, 2.05) is 43.3 Å². The van der Waals surface area contributed by atoms with E-state index in [1.54, 1.807) is 6.26 Å². The minimum absolute atomic E-state index is 0.533. The van der Waals surface area contributed by atoms with E-state index in [9.17, 15) is 0 Å². The first-order chi connectivity index (χ1) is 12.3. The molecular weight excluding hydrogens is 314 g/mol. The van der Waals surface area contributed by atoms with Crippen LogP contribution in [0, 0.1) is 0 Å². The van der Waals surface area contributed by atoms with Gasteiger partial charge in [0.15, 0.2) is 17.3 Å². The molecule has 3 rings (SSSR count). The maximum Gasteiger partial charge on any atom is 0.161 e. The first-order valence-corrected chi connectivity index (χ1v) is 8.61. The summed E-state index contributed by atoms with van der Waals surface area (Å²) in [6.45, 7) is 4.81. The van der Waals surface area contributed by atoms with Crippen LogP contribution in [0.5, 0.6) is 11.5 Å². The van der Waals surface area contributed by atoms with E-state index in [2.05, 4.69) is 29.6 Å². The summed E-state index contributed by atoms with van der Waals surface area (Å²) < 4.78 is 17.1. The summed E-state index contributed by atoms with van der Waals surface area (Å²) in [6.07, 6.45) is 1.70. The Morgan fingerprint density at radius 1 is 0.840 bits per heavy atom. The van der Waals surface area contributed by atoms with Gasteiger partial charge in [-0.3, -0.25) is 0 Å². The zero-order valence-corrected chi connectivity index (χ0v) is 14.5. The normalized spacial score (nSPS) is 10.6. The number of rotatable bonds is 9. The summed E-state index contributed by atoms with van der Waals surface area (Å²) in [5.74, 6) is 2.55. The van der Waals surface area contributed by atoms with Crippen LogP contribution in [0.25, 0.3) is 0 Å². The van der Waals surface area contributed by atoms with E-state index < -0.39 is 0 Å². The highest BCUT2D eigenvalue weighted by Gasteiger charge is 2.08. The van der Waals surface area contributed by atoms with Crippen molar-refractivity contribution < 1.29 is 19.2 Å². The molecule has 3 aromatic rings. The van der Waals surface area contributed by atoms with E-state index >= 15 is 0 Å². The predicted molar refractivity (Wildman–Crippen MR) is 96.4 cm³/mol. The van der Waals surface area contributed by atoms with Crippen LogP contribution in [0.1, 0.15) is 23.8 Å². The second kappa shape index (κ2) is 8.94. The van der Waals surface area contributed by atoms with Crippen molar-refractivity contribution in [1.82, 2.24) is 0 Å². The SMILES string of the molecule is CCOc1cc(C[NH2+]Cc2ccco2)ccc1OCc1ccccc1. The highest BCUT2D eigenvalue weighted by atomic mass is 16.5. The molecule has 0 aliphatic carbocycles. The van der Waals surface area contributed by atoms with Crippen LogP contribution < -0.4 is 14.8 Å². The van der Waals surface area contributed by atoms with Gasteiger partial charge < -0.3 is 19.2 Å². The lowest BCUT2D eigenvalue weighted by molar-refractivity contribution is -0.688. The molecule has 4 nitrogen and oxygen atoms in total. The number of benzene rings is 2. The third kappa shape index (κ3) is 5.13. The number of nitrogens with two attached hydrogens (primary N) is 1. The maximum absolute atomic E-state index is 5.94. The van der Waals surface area contributed by atoms with E-state index in [0.717, 1.165) is 35.9 Å². The fourth-order valence-electron chi connectivity index (χ4n) is 2.61. The Morgan fingerprint density at radius 2 is 1.72 bits per heavy atom. The van der Waals surface area contributed by atoms with Crippen LogP contribution in [-0.4, -0.2) is 6.61 Å². The zero-order valence-electron chi connectivity index (χ0n) is 14.5. The molecule has 0 saturated heterocycles. The molecule has 0 spiro atoms. The van der Waals surface area contributed by atoms with Crippen LogP contribution in [0.3, 0.4) is 0 Å². The second-order valence-electron chi connectivity index (χ2n) is 5.76. The average molecular weight is 338 g/mol. The summed E-state index contributed by atoms with van der Waals surface area (Å²) in [7, 11) is 0. The van der Waals surface area contributed by atoms with Gasteiger partial charge in [-0.05, 0) is 42.8 Å². The minimum atomic E-state index is 0.533. The maximum atomic E-state index is 5.94. The van der Waals surface area contributed by atoms with Gasteiger partial charge >= 0.3 is 0 Å². The molecule has 0 aliphatic rings. The lowest BCUT2D eigenvalue weighted by Gasteiger charge is -2.13. The van der Waals surface area contributed by atoms with Crippen molar-refractivity contribution in [2.75, 3.05) is 6.61 Å². The molecular formula is C21H24NO3+. The summed E-state index contributed by atoms with van der Waals surface area (Å²) >= 11 is 0. The number of ether oxygens (including phenoxy) is 2. The molecule has 25 heavy (non-hydrogen) atoms. The standard InChI is InChI=1S/C21H23NO3/c1-2-23-21-13-18(14-22-15-19-9-6-12-24-19)10-11-20(21)25-16-17-7-4-3-5-8-17/h3-13,22H,2,14-16H2,1H3/p+1. The Hall–Kier alpha value is -2.72. The molecule has 4 heteroatoms. The second-order valence-corrected chi connectivity index (χ2v) is 5.76. The van der Waals surface area contributed by atoms with Crippen molar-refractivity contribution in [1.29, 1.82) is 0 Å². The third-order valence-corrected chi connectivity index (χ3v) is 3.85. The smallest absolute Gasteiger partial charge is 0.161 e.